The summed E-state index contributed by atoms with van der Waals surface area (Å²) in [5.74, 6) is 0. The minimum absolute atomic E-state index is 1.09. The van der Waals surface area contributed by atoms with E-state index in [1.165, 1.54) is 15.6 Å². The molecule has 0 unspecified atom stereocenters. The molecule has 3 aromatic rings. The van der Waals surface area contributed by atoms with Crippen LogP contribution in [0, 0.1) is 0 Å². The van der Waals surface area contributed by atoms with E-state index in [1.807, 2.05) is 5.51 Å². The molecule has 3 heteroatoms. The first-order valence-corrected chi connectivity index (χ1v) is 5.02. The van der Waals surface area contributed by atoms with Gasteiger partial charge in [0.15, 0.2) is 5.65 Å². The maximum Gasteiger partial charge on any atom is 0.151 e. The molecule has 0 fully saturated rings. The Morgan fingerprint density at radius 2 is 2.15 bits per heavy atom. The predicted octanol–water partition coefficient (Wildman–Crippen LogP) is 2.79. The van der Waals surface area contributed by atoms with Gasteiger partial charge in [-0.1, -0.05) is 18.2 Å². The van der Waals surface area contributed by atoms with Gasteiger partial charge >= 0.3 is 0 Å². The highest BCUT2D eigenvalue weighted by Crippen LogP contribution is 2.29. The van der Waals surface area contributed by atoms with Gasteiger partial charge in [0.25, 0.3) is 0 Å². The Labute approximate surface area is 79.4 Å². The van der Waals surface area contributed by atoms with Crippen molar-refractivity contribution in [2.75, 3.05) is 0 Å². The summed E-state index contributed by atoms with van der Waals surface area (Å²) in [5.41, 5.74) is 4.25. The van der Waals surface area contributed by atoms with Crippen molar-refractivity contribution >= 4 is 32.6 Å². The molecule has 64 valence electrons. The molecule has 2 nitrogen and oxygen atoms in total. The molecule has 0 spiro atoms. The Balaban J connectivity index is 2.72. The summed E-state index contributed by atoms with van der Waals surface area (Å²) in [6, 6.07) is 8.41. The Kier molecular flexibility index (Phi) is 1.27. The van der Waals surface area contributed by atoms with Gasteiger partial charge in [0.1, 0.15) is 0 Å². The van der Waals surface area contributed by atoms with E-state index in [0.717, 1.165) is 5.65 Å². The zero-order valence-corrected chi connectivity index (χ0v) is 8.01. The van der Waals surface area contributed by atoms with Gasteiger partial charge in [0.2, 0.25) is 0 Å². The van der Waals surface area contributed by atoms with Crippen LogP contribution in [-0.2, 0) is 7.05 Å². The molecule has 2 aromatic heterocycles. The van der Waals surface area contributed by atoms with Crippen molar-refractivity contribution in [3.05, 3.63) is 29.8 Å². The smallest absolute Gasteiger partial charge is 0.151 e. The lowest BCUT2D eigenvalue weighted by molar-refractivity contribution is 0.994. The molecule has 0 radical (unpaired) electrons. The normalized spacial score (nSPS) is 11.5. The van der Waals surface area contributed by atoms with Crippen molar-refractivity contribution in [1.82, 2.24) is 9.55 Å². The summed E-state index contributed by atoms with van der Waals surface area (Å²) in [4.78, 5) is 4.34. The third kappa shape index (κ3) is 0.795. The molecule has 0 aliphatic carbocycles. The number of para-hydroxylation sites is 1. The van der Waals surface area contributed by atoms with Gasteiger partial charge in [-0.3, -0.25) is 0 Å². The average molecular weight is 188 g/mol. The van der Waals surface area contributed by atoms with E-state index in [4.69, 9.17) is 0 Å². The summed E-state index contributed by atoms with van der Waals surface area (Å²) in [6.07, 6.45) is 0. The third-order valence-corrected chi connectivity index (χ3v) is 3.23. The van der Waals surface area contributed by atoms with E-state index in [1.54, 1.807) is 11.3 Å². The lowest BCUT2D eigenvalue weighted by atomic mass is 10.2. The summed E-state index contributed by atoms with van der Waals surface area (Å²) >= 11 is 1.71. The molecular formula is C10H8N2S. The number of rotatable bonds is 0. The topological polar surface area (TPSA) is 17.8 Å². The largest absolute Gasteiger partial charge is 0.328 e. The van der Waals surface area contributed by atoms with Gasteiger partial charge in [-0.2, -0.15) is 0 Å². The highest BCUT2D eigenvalue weighted by Gasteiger charge is 2.08. The molecule has 0 aliphatic heterocycles. The summed E-state index contributed by atoms with van der Waals surface area (Å²) < 4.78 is 3.43. The first kappa shape index (κ1) is 7.09. The number of aryl methyl sites for hydroxylation is 1. The minimum Gasteiger partial charge on any atom is -0.328 e. The van der Waals surface area contributed by atoms with Crippen LogP contribution in [0.2, 0.25) is 0 Å². The molecule has 3 rings (SSSR count). The van der Waals surface area contributed by atoms with Crippen molar-refractivity contribution in [3.8, 4) is 0 Å². The second kappa shape index (κ2) is 2.33. The van der Waals surface area contributed by atoms with Crippen LogP contribution in [0.15, 0.2) is 29.8 Å². The van der Waals surface area contributed by atoms with E-state index in [-0.39, 0.29) is 0 Å². The summed E-state index contributed by atoms with van der Waals surface area (Å²) in [7, 11) is 2.06. The van der Waals surface area contributed by atoms with Gasteiger partial charge < -0.3 is 4.57 Å². The predicted molar refractivity (Wildman–Crippen MR) is 56.1 cm³/mol. The lowest BCUT2D eigenvalue weighted by Crippen LogP contribution is -1.86. The zero-order valence-electron chi connectivity index (χ0n) is 7.19. The second-order valence-corrected chi connectivity index (χ2v) is 3.94. The maximum atomic E-state index is 4.34. The lowest BCUT2D eigenvalue weighted by Gasteiger charge is -1.93. The van der Waals surface area contributed by atoms with Gasteiger partial charge in [-0.15, -0.1) is 11.3 Å². The number of benzene rings is 1. The quantitative estimate of drug-likeness (QED) is 0.530. The van der Waals surface area contributed by atoms with E-state index in [9.17, 15) is 0 Å². The molecule has 2 heterocycles. The van der Waals surface area contributed by atoms with Crippen molar-refractivity contribution in [1.29, 1.82) is 0 Å². The van der Waals surface area contributed by atoms with Crippen LogP contribution in [0.3, 0.4) is 0 Å². The van der Waals surface area contributed by atoms with Gasteiger partial charge in [-0.05, 0) is 6.07 Å². The maximum absolute atomic E-state index is 4.34. The van der Waals surface area contributed by atoms with Gasteiger partial charge in [-0.25, -0.2) is 4.98 Å². The van der Waals surface area contributed by atoms with Crippen LogP contribution >= 0.6 is 11.3 Å². The fourth-order valence-electron chi connectivity index (χ4n) is 1.74. The summed E-state index contributed by atoms with van der Waals surface area (Å²) in [5, 5.41) is 1.31. The van der Waals surface area contributed by atoms with Crippen LogP contribution in [0.5, 0.6) is 0 Å². The second-order valence-electron chi connectivity index (χ2n) is 3.08. The molecule has 0 N–H and O–H groups in total. The van der Waals surface area contributed by atoms with Crippen molar-refractivity contribution in [2.24, 2.45) is 7.05 Å². The van der Waals surface area contributed by atoms with Crippen LogP contribution in [0.1, 0.15) is 0 Å². The van der Waals surface area contributed by atoms with Gasteiger partial charge in [0.05, 0.1) is 15.7 Å². The standard InChI is InChI=1S/C10H8N2S/c1-12-8-5-3-2-4-7(8)9-10(12)11-6-13-9/h2-6H,1H3. The molecule has 13 heavy (non-hydrogen) atoms. The number of aromatic nitrogens is 2. The van der Waals surface area contributed by atoms with Crippen LogP contribution in [-0.4, -0.2) is 9.55 Å². The first-order chi connectivity index (χ1) is 6.38. The van der Waals surface area contributed by atoms with Crippen molar-refractivity contribution in [2.45, 2.75) is 0 Å². The highest BCUT2D eigenvalue weighted by molar-refractivity contribution is 7.17. The fraction of sp³-hybridized carbons (Fsp3) is 0.100. The molecule has 0 atom stereocenters. The SMILES string of the molecule is Cn1c2ccccc2c2scnc21. The van der Waals surface area contributed by atoms with Crippen LogP contribution < -0.4 is 0 Å². The Morgan fingerprint density at radius 1 is 1.31 bits per heavy atom. The number of hydrogen-bond acceptors (Lipinski definition) is 2. The van der Waals surface area contributed by atoms with Crippen molar-refractivity contribution in [3.63, 3.8) is 0 Å². The summed E-state index contributed by atoms with van der Waals surface area (Å²) in [6.45, 7) is 0. The minimum atomic E-state index is 1.09. The Bertz CT molecular complexity index is 577. The number of nitrogens with zero attached hydrogens (tertiary/aromatic N) is 2. The highest BCUT2D eigenvalue weighted by atomic mass is 32.1. The Hall–Kier alpha value is -1.35. The zero-order chi connectivity index (χ0) is 8.84. The number of thiazole rings is 1. The number of hydrogen-bond donors (Lipinski definition) is 0. The molecule has 0 aliphatic rings. The number of fused-ring (bicyclic) bond motifs is 3. The van der Waals surface area contributed by atoms with E-state index >= 15 is 0 Å². The van der Waals surface area contributed by atoms with E-state index in [0.29, 0.717) is 0 Å². The third-order valence-electron chi connectivity index (χ3n) is 2.38. The van der Waals surface area contributed by atoms with Crippen LogP contribution in [0.25, 0.3) is 21.3 Å². The van der Waals surface area contributed by atoms with E-state index < -0.39 is 0 Å². The molecular weight excluding hydrogens is 180 g/mol. The van der Waals surface area contributed by atoms with Crippen LogP contribution in [0.4, 0.5) is 0 Å². The van der Waals surface area contributed by atoms with Gasteiger partial charge in [0, 0.05) is 12.4 Å². The molecule has 0 bridgehead atoms. The van der Waals surface area contributed by atoms with Crippen molar-refractivity contribution < 1.29 is 0 Å². The monoisotopic (exact) mass is 188 g/mol. The first-order valence-electron chi connectivity index (χ1n) is 4.14. The average Bonchev–Trinajstić information content (AvgIpc) is 2.72. The molecule has 0 amide bonds. The Morgan fingerprint density at radius 3 is 3.08 bits per heavy atom. The molecule has 1 aromatic carbocycles. The molecule has 0 saturated heterocycles. The van der Waals surface area contributed by atoms with E-state index in [2.05, 4.69) is 40.9 Å². The fourth-order valence-corrected chi connectivity index (χ4v) is 2.59. The molecule has 0 saturated carbocycles.